The number of anilines is 1. The monoisotopic (exact) mass is 397 g/mol. The Morgan fingerprint density at radius 2 is 1.93 bits per heavy atom. The molecule has 1 saturated heterocycles. The van der Waals surface area contributed by atoms with Crippen molar-refractivity contribution in [2.45, 2.75) is 9.79 Å². The molecule has 3 aromatic rings. The molecule has 1 aliphatic heterocycles. The molecule has 0 saturated carbocycles. The highest BCUT2D eigenvalue weighted by atomic mass is 32.2. The Hall–Kier alpha value is -3.02. The maximum Gasteiger partial charge on any atom is 0.210 e. The summed E-state index contributed by atoms with van der Waals surface area (Å²) in [6.45, 7) is 1.96. The van der Waals surface area contributed by atoms with Gasteiger partial charge in [-0.05, 0) is 30.3 Å². The molecule has 142 valence electrons. The number of halogens is 1. The molecule has 8 heteroatoms. The van der Waals surface area contributed by atoms with Crippen molar-refractivity contribution in [2.75, 3.05) is 31.2 Å². The minimum atomic E-state index is -3.94. The Kier molecular flexibility index (Phi) is 4.71. The quantitative estimate of drug-likeness (QED) is 0.676. The molecule has 2 aromatic carbocycles. The maximum atomic E-state index is 13.7. The van der Waals surface area contributed by atoms with E-state index in [1.807, 2.05) is 11.0 Å². The van der Waals surface area contributed by atoms with Crippen LogP contribution in [0.5, 0.6) is 0 Å². The van der Waals surface area contributed by atoms with E-state index in [4.69, 9.17) is 10.00 Å². The number of hydrogen-bond acceptors (Lipinski definition) is 6. The second kappa shape index (κ2) is 7.19. The van der Waals surface area contributed by atoms with Crippen LogP contribution in [0.3, 0.4) is 0 Å². The van der Waals surface area contributed by atoms with Crippen LogP contribution in [-0.2, 0) is 14.6 Å². The highest BCUT2D eigenvalue weighted by molar-refractivity contribution is 7.91. The highest BCUT2D eigenvalue weighted by Gasteiger charge is 2.28. The van der Waals surface area contributed by atoms with Gasteiger partial charge in [0.05, 0.1) is 40.9 Å². The molecule has 0 spiro atoms. The zero-order valence-corrected chi connectivity index (χ0v) is 15.6. The number of sulfone groups is 1. The molecule has 0 radical (unpaired) electrons. The molecule has 0 atom stereocenters. The van der Waals surface area contributed by atoms with Crippen LogP contribution in [0.4, 0.5) is 10.1 Å². The average molecular weight is 397 g/mol. The van der Waals surface area contributed by atoms with Crippen molar-refractivity contribution in [3.8, 4) is 6.07 Å². The van der Waals surface area contributed by atoms with E-state index in [1.165, 1.54) is 36.5 Å². The molecule has 0 bridgehead atoms. The Morgan fingerprint density at radius 3 is 2.68 bits per heavy atom. The zero-order chi connectivity index (χ0) is 19.7. The lowest BCUT2D eigenvalue weighted by Gasteiger charge is -2.31. The highest BCUT2D eigenvalue weighted by Crippen LogP contribution is 2.36. The summed E-state index contributed by atoms with van der Waals surface area (Å²) < 4.78 is 45.9. The van der Waals surface area contributed by atoms with E-state index < -0.39 is 15.7 Å². The number of fused-ring (bicyclic) bond motifs is 1. The summed E-state index contributed by atoms with van der Waals surface area (Å²) in [5, 5.41) is 9.67. The third-order valence-corrected chi connectivity index (χ3v) is 6.41. The average Bonchev–Trinajstić information content (AvgIpc) is 2.73. The molecule has 0 aliphatic carbocycles. The second-order valence-electron chi connectivity index (χ2n) is 6.38. The number of pyridine rings is 1. The van der Waals surface area contributed by atoms with Crippen LogP contribution < -0.4 is 4.90 Å². The summed E-state index contributed by atoms with van der Waals surface area (Å²) in [6, 6.07) is 12.0. The molecule has 6 nitrogen and oxygen atoms in total. The topological polar surface area (TPSA) is 83.3 Å². The number of benzene rings is 2. The lowest BCUT2D eigenvalue weighted by molar-refractivity contribution is 0.122. The Labute approximate surface area is 161 Å². The van der Waals surface area contributed by atoms with Gasteiger partial charge in [0.1, 0.15) is 10.7 Å². The van der Waals surface area contributed by atoms with Gasteiger partial charge in [-0.15, -0.1) is 0 Å². The number of nitriles is 1. The van der Waals surface area contributed by atoms with Gasteiger partial charge < -0.3 is 9.64 Å². The minimum Gasteiger partial charge on any atom is -0.378 e. The van der Waals surface area contributed by atoms with Crippen molar-refractivity contribution in [3.05, 3.63) is 60.0 Å². The first-order chi connectivity index (χ1) is 13.5. The summed E-state index contributed by atoms with van der Waals surface area (Å²) in [7, 11) is -3.94. The fourth-order valence-electron chi connectivity index (χ4n) is 3.30. The van der Waals surface area contributed by atoms with Crippen LogP contribution in [-0.4, -0.2) is 39.7 Å². The molecular formula is C20H16FN3O3S. The van der Waals surface area contributed by atoms with Crippen molar-refractivity contribution in [1.82, 2.24) is 4.98 Å². The molecule has 0 N–H and O–H groups in total. The van der Waals surface area contributed by atoms with Gasteiger partial charge in [-0.25, -0.2) is 12.8 Å². The number of rotatable bonds is 3. The number of hydrogen-bond donors (Lipinski definition) is 0. The van der Waals surface area contributed by atoms with Crippen LogP contribution >= 0.6 is 0 Å². The first-order valence-electron chi connectivity index (χ1n) is 8.67. The van der Waals surface area contributed by atoms with Gasteiger partial charge in [-0.3, -0.25) is 4.98 Å². The summed E-state index contributed by atoms with van der Waals surface area (Å²) in [5.41, 5.74) is 1.12. The largest absolute Gasteiger partial charge is 0.378 e. The molecule has 28 heavy (non-hydrogen) atoms. The molecule has 1 aromatic heterocycles. The van der Waals surface area contributed by atoms with Gasteiger partial charge in [0, 0.05) is 30.7 Å². The normalized spacial score (nSPS) is 14.8. The Bertz CT molecular complexity index is 1200. The fourth-order valence-corrected chi connectivity index (χ4v) is 4.78. The van der Waals surface area contributed by atoms with Crippen LogP contribution in [0.15, 0.2) is 58.5 Å². The standard InChI is InChI=1S/C20H16FN3O3S/c21-15-4-5-17-18(11-15)23-13-19(20(17)24-6-8-27-9-7-24)28(25,26)16-3-1-2-14(10-16)12-22/h1-5,10-11,13H,6-9H2. The van der Waals surface area contributed by atoms with E-state index >= 15 is 0 Å². The second-order valence-corrected chi connectivity index (χ2v) is 8.29. The molecule has 4 rings (SSSR count). The van der Waals surface area contributed by atoms with Crippen LogP contribution in [0.1, 0.15) is 5.56 Å². The predicted molar refractivity (Wildman–Crippen MR) is 101 cm³/mol. The van der Waals surface area contributed by atoms with Gasteiger partial charge in [0.2, 0.25) is 9.84 Å². The SMILES string of the molecule is N#Cc1cccc(S(=O)(=O)c2cnc3cc(F)ccc3c2N2CCOCC2)c1. The van der Waals surface area contributed by atoms with Crippen molar-refractivity contribution in [3.63, 3.8) is 0 Å². The number of nitrogens with zero attached hydrogens (tertiary/aromatic N) is 3. The zero-order valence-electron chi connectivity index (χ0n) is 14.8. The van der Waals surface area contributed by atoms with E-state index in [0.29, 0.717) is 42.9 Å². The lowest BCUT2D eigenvalue weighted by atomic mass is 10.1. The third kappa shape index (κ3) is 3.19. The van der Waals surface area contributed by atoms with Crippen molar-refractivity contribution < 1.29 is 17.5 Å². The molecule has 0 amide bonds. The van der Waals surface area contributed by atoms with Gasteiger partial charge >= 0.3 is 0 Å². The number of morpholine rings is 1. The van der Waals surface area contributed by atoms with Crippen molar-refractivity contribution in [2.24, 2.45) is 0 Å². The molecule has 2 heterocycles. The molecule has 1 aliphatic rings. The summed E-state index contributed by atoms with van der Waals surface area (Å²) in [5.74, 6) is -0.440. The van der Waals surface area contributed by atoms with E-state index in [0.717, 1.165) is 0 Å². The van der Waals surface area contributed by atoms with Crippen molar-refractivity contribution in [1.29, 1.82) is 5.26 Å². The van der Waals surface area contributed by atoms with Gasteiger partial charge in [0.15, 0.2) is 0 Å². The smallest absolute Gasteiger partial charge is 0.210 e. The Balaban J connectivity index is 1.97. The maximum absolute atomic E-state index is 13.7. The number of ether oxygens (including phenoxy) is 1. The predicted octanol–water partition coefficient (Wildman–Crippen LogP) is 2.91. The van der Waals surface area contributed by atoms with Gasteiger partial charge in [0.25, 0.3) is 0 Å². The van der Waals surface area contributed by atoms with E-state index in [-0.39, 0.29) is 15.4 Å². The summed E-state index contributed by atoms with van der Waals surface area (Å²) in [4.78, 5) is 6.16. The number of aromatic nitrogens is 1. The summed E-state index contributed by atoms with van der Waals surface area (Å²) in [6.07, 6.45) is 1.26. The van der Waals surface area contributed by atoms with Crippen LogP contribution in [0.2, 0.25) is 0 Å². The third-order valence-electron chi connectivity index (χ3n) is 4.66. The van der Waals surface area contributed by atoms with Crippen LogP contribution in [0, 0.1) is 17.1 Å². The first kappa shape index (κ1) is 18.3. The van der Waals surface area contributed by atoms with Gasteiger partial charge in [-0.2, -0.15) is 5.26 Å². The van der Waals surface area contributed by atoms with Crippen molar-refractivity contribution >= 4 is 26.4 Å². The van der Waals surface area contributed by atoms with Gasteiger partial charge in [-0.1, -0.05) is 6.07 Å². The van der Waals surface area contributed by atoms with Crippen LogP contribution in [0.25, 0.3) is 10.9 Å². The van der Waals surface area contributed by atoms with E-state index in [1.54, 1.807) is 12.1 Å². The van der Waals surface area contributed by atoms with E-state index in [2.05, 4.69) is 4.98 Å². The fraction of sp³-hybridized carbons (Fsp3) is 0.200. The first-order valence-corrected chi connectivity index (χ1v) is 10.2. The minimum absolute atomic E-state index is 0.0179. The Morgan fingerprint density at radius 1 is 1.14 bits per heavy atom. The summed E-state index contributed by atoms with van der Waals surface area (Å²) >= 11 is 0. The molecular weight excluding hydrogens is 381 g/mol. The molecule has 0 unspecified atom stereocenters. The lowest BCUT2D eigenvalue weighted by Crippen LogP contribution is -2.37. The molecule has 1 fully saturated rings. The van der Waals surface area contributed by atoms with E-state index in [9.17, 15) is 12.8 Å².